The van der Waals surface area contributed by atoms with E-state index in [0.717, 1.165) is 30.9 Å². The van der Waals surface area contributed by atoms with Crippen LogP contribution < -0.4 is 5.32 Å². The zero-order valence-electron chi connectivity index (χ0n) is 12.1. The first-order valence-corrected chi connectivity index (χ1v) is 10.7. The molecule has 0 radical (unpaired) electrons. The molecule has 19 heavy (non-hydrogen) atoms. The fourth-order valence-corrected chi connectivity index (χ4v) is 5.40. The van der Waals surface area contributed by atoms with Gasteiger partial charge in [0.05, 0.1) is 5.25 Å². The average Bonchev–Trinajstić information content (AvgIpc) is 2.39. The summed E-state index contributed by atoms with van der Waals surface area (Å²) in [6.45, 7) is 0. The fraction of sp³-hybridized carbons (Fsp3) is 1.00. The Kier molecular flexibility index (Phi) is 5.61. The number of nitrogens with one attached hydrogen (secondary N) is 1. The van der Waals surface area contributed by atoms with Crippen molar-refractivity contribution >= 4 is 21.6 Å². The van der Waals surface area contributed by atoms with Crippen molar-refractivity contribution in [1.82, 2.24) is 5.32 Å². The minimum Gasteiger partial charge on any atom is -0.311 e. The van der Waals surface area contributed by atoms with Crippen LogP contribution >= 0.6 is 11.8 Å². The SMILES string of the molecule is CSC1CCC(NC2CCCC(S(C)(=O)=O)C2)CC1. The van der Waals surface area contributed by atoms with Crippen LogP contribution in [0.1, 0.15) is 51.4 Å². The van der Waals surface area contributed by atoms with Gasteiger partial charge in [-0.1, -0.05) is 6.42 Å². The van der Waals surface area contributed by atoms with E-state index in [0.29, 0.717) is 12.1 Å². The molecule has 2 aliphatic carbocycles. The molecule has 2 saturated carbocycles. The highest BCUT2D eigenvalue weighted by Crippen LogP contribution is 2.29. The summed E-state index contributed by atoms with van der Waals surface area (Å²) < 4.78 is 23.4. The monoisotopic (exact) mass is 305 g/mol. The molecule has 0 aliphatic heterocycles. The summed E-state index contributed by atoms with van der Waals surface area (Å²) in [7, 11) is -2.86. The lowest BCUT2D eigenvalue weighted by Gasteiger charge is -2.35. The highest BCUT2D eigenvalue weighted by Gasteiger charge is 2.30. The van der Waals surface area contributed by atoms with Crippen LogP contribution in [0.4, 0.5) is 0 Å². The molecule has 112 valence electrons. The van der Waals surface area contributed by atoms with E-state index in [1.165, 1.54) is 31.9 Å². The van der Waals surface area contributed by atoms with Gasteiger partial charge in [-0.2, -0.15) is 11.8 Å². The molecule has 2 unspecified atom stereocenters. The van der Waals surface area contributed by atoms with Gasteiger partial charge < -0.3 is 5.32 Å². The molecule has 0 amide bonds. The molecule has 2 atom stereocenters. The van der Waals surface area contributed by atoms with Crippen molar-refractivity contribution in [2.75, 3.05) is 12.5 Å². The van der Waals surface area contributed by atoms with Crippen molar-refractivity contribution in [3.05, 3.63) is 0 Å². The third kappa shape index (κ3) is 4.64. The molecule has 5 heteroatoms. The Morgan fingerprint density at radius 2 is 1.68 bits per heavy atom. The predicted octanol–water partition coefficient (Wildman–Crippen LogP) is 2.61. The van der Waals surface area contributed by atoms with Crippen molar-refractivity contribution in [3.8, 4) is 0 Å². The van der Waals surface area contributed by atoms with E-state index in [9.17, 15) is 8.42 Å². The van der Waals surface area contributed by atoms with E-state index in [-0.39, 0.29) is 5.25 Å². The van der Waals surface area contributed by atoms with Crippen LogP contribution in [0.2, 0.25) is 0 Å². The Labute approximate surface area is 122 Å². The summed E-state index contributed by atoms with van der Waals surface area (Å²) in [5, 5.41) is 4.46. The van der Waals surface area contributed by atoms with Gasteiger partial charge in [0.15, 0.2) is 0 Å². The lowest BCUT2D eigenvalue weighted by molar-refractivity contribution is 0.294. The molecule has 0 heterocycles. The van der Waals surface area contributed by atoms with Gasteiger partial charge in [0.25, 0.3) is 0 Å². The Hall–Kier alpha value is 0.260. The third-order valence-corrected chi connectivity index (χ3v) is 7.49. The Morgan fingerprint density at radius 3 is 2.26 bits per heavy atom. The highest BCUT2D eigenvalue weighted by molar-refractivity contribution is 7.99. The van der Waals surface area contributed by atoms with E-state index in [4.69, 9.17) is 0 Å². The molecule has 2 rings (SSSR count). The van der Waals surface area contributed by atoms with Gasteiger partial charge in [0.2, 0.25) is 0 Å². The van der Waals surface area contributed by atoms with Crippen LogP contribution in [0.15, 0.2) is 0 Å². The first kappa shape index (κ1) is 15.6. The van der Waals surface area contributed by atoms with Crippen molar-refractivity contribution in [2.45, 2.75) is 74.0 Å². The zero-order valence-corrected chi connectivity index (χ0v) is 13.7. The van der Waals surface area contributed by atoms with E-state index in [2.05, 4.69) is 11.6 Å². The lowest BCUT2D eigenvalue weighted by atomic mass is 9.90. The number of hydrogen-bond acceptors (Lipinski definition) is 4. The second-order valence-corrected chi connectivity index (χ2v) is 9.65. The van der Waals surface area contributed by atoms with Crippen molar-refractivity contribution in [2.24, 2.45) is 0 Å². The van der Waals surface area contributed by atoms with Crippen LogP contribution in [0, 0.1) is 0 Å². The second kappa shape index (κ2) is 6.81. The van der Waals surface area contributed by atoms with Crippen LogP contribution in [-0.2, 0) is 9.84 Å². The standard InChI is InChI=1S/C14H27NO2S2/c1-18-13-8-6-11(7-9-13)15-12-4-3-5-14(10-12)19(2,16)17/h11-15H,3-10H2,1-2H3. The molecule has 0 bridgehead atoms. The summed E-state index contributed by atoms with van der Waals surface area (Å²) in [5.41, 5.74) is 0. The van der Waals surface area contributed by atoms with Crippen molar-refractivity contribution in [3.63, 3.8) is 0 Å². The van der Waals surface area contributed by atoms with Gasteiger partial charge in [-0.15, -0.1) is 0 Å². The predicted molar refractivity (Wildman–Crippen MR) is 83.6 cm³/mol. The topological polar surface area (TPSA) is 46.2 Å². The molecule has 1 N–H and O–H groups in total. The van der Waals surface area contributed by atoms with Gasteiger partial charge in [-0.05, 0) is 51.2 Å². The second-order valence-electron chi connectivity index (χ2n) is 6.19. The lowest BCUT2D eigenvalue weighted by Crippen LogP contribution is -2.45. The van der Waals surface area contributed by atoms with Crippen LogP contribution in [0.5, 0.6) is 0 Å². The van der Waals surface area contributed by atoms with Gasteiger partial charge >= 0.3 is 0 Å². The van der Waals surface area contributed by atoms with E-state index < -0.39 is 9.84 Å². The number of thioether (sulfide) groups is 1. The minimum atomic E-state index is -2.86. The molecule has 0 spiro atoms. The first-order valence-electron chi connectivity index (χ1n) is 7.46. The summed E-state index contributed by atoms with van der Waals surface area (Å²) >= 11 is 1.99. The zero-order chi connectivity index (χ0) is 13.9. The van der Waals surface area contributed by atoms with Crippen molar-refractivity contribution < 1.29 is 8.42 Å². The molecular weight excluding hydrogens is 278 g/mol. The van der Waals surface area contributed by atoms with E-state index >= 15 is 0 Å². The Morgan fingerprint density at radius 1 is 1.00 bits per heavy atom. The molecule has 2 fully saturated rings. The molecule has 2 aliphatic rings. The normalized spacial score (nSPS) is 37.2. The highest BCUT2D eigenvalue weighted by atomic mass is 32.2. The third-order valence-electron chi connectivity index (χ3n) is 4.71. The summed E-state index contributed by atoms with van der Waals surface area (Å²) in [6, 6.07) is 1.04. The van der Waals surface area contributed by atoms with Crippen molar-refractivity contribution in [1.29, 1.82) is 0 Å². The summed E-state index contributed by atoms with van der Waals surface area (Å²) in [4.78, 5) is 0. The smallest absolute Gasteiger partial charge is 0.150 e. The molecule has 0 aromatic heterocycles. The Bertz CT molecular complexity index is 375. The van der Waals surface area contributed by atoms with E-state index in [1.807, 2.05) is 11.8 Å². The maximum atomic E-state index is 11.7. The van der Waals surface area contributed by atoms with Gasteiger partial charge in [0, 0.05) is 23.6 Å². The molecular formula is C14H27NO2S2. The quantitative estimate of drug-likeness (QED) is 0.867. The summed E-state index contributed by atoms with van der Waals surface area (Å²) in [6.07, 6.45) is 12.6. The average molecular weight is 306 g/mol. The van der Waals surface area contributed by atoms with Gasteiger partial charge in [-0.3, -0.25) is 0 Å². The maximum absolute atomic E-state index is 11.7. The number of rotatable bonds is 4. The molecule has 0 saturated heterocycles. The first-order chi connectivity index (χ1) is 8.99. The Balaban J connectivity index is 1.80. The summed E-state index contributed by atoms with van der Waals surface area (Å²) in [5.74, 6) is 0. The fourth-order valence-electron chi connectivity index (χ4n) is 3.48. The minimum absolute atomic E-state index is 0.110. The number of sulfone groups is 1. The molecule has 3 nitrogen and oxygen atoms in total. The van der Waals surface area contributed by atoms with Gasteiger partial charge in [0.1, 0.15) is 9.84 Å². The largest absolute Gasteiger partial charge is 0.311 e. The van der Waals surface area contributed by atoms with Crippen LogP contribution in [-0.4, -0.2) is 43.5 Å². The van der Waals surface area contributed by atoms with E-state index in [1.54, 1.807) is 0 Å². The molecule has 0 aromatic rings. The van der Waals surface area contributed by atoms with Crippen LogP contribution in [0.25, 0.3) is 0 Å². The number of hydrogen-bond donors (Lipinski definition) is 1. The molecule has 0 aromatic carbocycles. The van der Waals surface area contributed by atoms with Gasteiger partial charge in [-0.25, -0.2) is 8.42 Å². The van der Waals surface area contributed by atoms with Crippen LogP contribution in [0.3, 0.4) is 0 Å². The maximum Gasteiger partial charge on any atom is 0.150 e.